The van der Waals surface area contributed by atoms with E-state index in [1.54, 1.807) is 7.11 Å². The summed E-state index contributed by atoms with van der Waals surface area (Å²) in [5.41, 5.74) is 3.03. The summed E-state index contributed by atoms with van der Waals surface area (Å²) >= 11 is 0. The van der Waals surface area contributed by atoms with Gasteiger partial charge in [0.2, 0.25) is 5.91 Å². The molecule has 1 amide bonds. The molecular weight excluding hydrogens is 554 g/mol. The normalized spacial score (nSPS) is 29.2. The van der Waals surface area contributed by atoms with Gasteiger partial charge in [0.15, 0.2) is 0 Å². The van der Waals surface area contributed by atoms with Crippen molar-refractivity contribution in [2.24, 2.45) is 29.6 Å². The van der Waals surface area contributed by atoms with Crippen LogP contribution in [-0.4, -0.2) is 52.3 Å². The fraction of sp³-hybridized carbons (Fsp3) is 0.568. The van der Waals surface area contributed by atoms with E-state index in [9.17, 15) is 19.8 Å². The van der Waals surface area contributed by atoms with Crippen molar-refractivity contribution in [1.82, 2.24) is 4.90 Å². The van der Waals surface area contributed by atoms with Gasteiger partial charge >= 0.3 is 5.97 Å². The van der Waals surface area contributed by atoms with Crippen LogP contribution < -0.4 is 4.74 Å². The Morgan fingerprint density at radius 2 is 1.93 bits per heavy atom. The van der Waals surface area contributed by atoms with Gasteiger partial charge in [-0.3, -0.25) is 9.59 Å². The number of ether oxygens (including phenoxy) is 2. The van der Waals surface area contributed by atoms with E-state index < -0.39 is 6.10 Å². The van der Waals surface area contributed by atoms with Crippen LogP contribution in [0, 0.1) is 29.6 Å². The van der Waals surface area contributed by atoms with Gasteiger partial charge in [-0.2, -0.15) is 0 Å². The van der Waals surface area contributed by atoms with E-state index in [0.717, 1.165) is 47.6 Å². The molecule has 0 spiro atoms. The van der Waals surface area contributed by atoms with Crippen molar-refractivity contribution < 1.29 is 29.3 Å². The largest absolute Gasteiger partial charge is 0.496 e. The average molecular weight is 604 g/mol. The Balaban J connectivity index is 1.36. The highest BCUT2D eigenvalue weighted by Crippen LogP contribution is 2.45. The molecule has 1 heterocycles. The van der Waals surface area contributed by atoms with Crippen LogP contribution in [0.1, 0.15) is 77.3 Å². The van der Waals surface area contributed by atoms with E-state index in [0.29, 0.717) is 30.6 Å². The third-order valence-corrected chi connectivity index (χ3v) is 10.3. The van der Waals surface area contributed by atoms with E-state index in [4.69, 9.17) is 9.47 Å². The Morgan fingerprint density at radius 3 is 2.66 bits per heavy atom. The van der Waals surface area contributed by atoms with Crippen LogP contribution in [0.25, 0.3) is 10.8 Å². The molecule has 0 radical (unpaired) electrons. The number of fused-ring (bicyclic) bond motifs is 2. The van der Waals surface area contributed by atoms with Crippen LogP contribution in [0.15, 0.2) is 54.1 Å². The quantitative estimate of drug-likeness (QED) is 0.308. The molecule has 238 valence electrons. The predicted octanol–water partition coefficient (Wildman–Crippen LogP) is 6.34. The first kappa shape index (κ1) is 32.2. The lowest BCUT2D eigenvalue weighted by Gasteiger charge is -2.44. The molecule has 1 aliphatic heterocycles. The van der Waals surface area contributed by atoms with Crippen molar-refractivity contribution in [3.63, 3.8) is 0 Å². The number of aliphatic hydroxyl groups is 2. The van der Waals surface area contributed by atoms with Crippen molar-refractivity contribution in [3.05, 3.63) is 65.3 Å². The molecule has 7 nitrogen and oxygen atoms in total. The summed E-state index contributed by atoms with van der Waals surface area (Å²) in [7, 11) is 1.60. The highest BCUT2D eigenvalue weighted by molar-refractivity contribution is 5.88. The molecular formula is C37H49NO6. The van der Waals surface area contributed by atoms with Crippen LogP contribution in [-0.2, 0) is 27.5 Å². The molecule has 2 aliphatic carbocycles. The number of allylic oxidation sites excluding steroid dienone is 3. The number of carbonyl (C=O) groups is 2. The van der Waals surface area contributed by atoms with Crippen LogP contribution in [0.4, 0.5) is 0 Å². The van der Waals surface area contributed by atoms with Gasteiger partial charge in [0.05, 0.1) is 32.2 Å². The van der Waals surface area contributed by atoms with E-state index in [1.165, 1.54) is 5.57 Å². The number of nitrogens with zero attached hydrogens (tertiary/aromatic N) is 1. The number of esters is 1. The summed E-state index contributed by atoms with van der Waals surface area (Å²) in [4.78, 5) is 28.2. The molecule has 8 atom stereocenters. The zero-order chi connectivity index (χ0) is 31.5. The first-order valence-corrected chi connectivity index (χ1v) is 16.4. The van der Waals surface area contributed by atoms with Crippen LogP contribution >= 0.6 is 0 Å². The second kappa shape index (κ2) is 13.9. The standard InChI is InChI=1S/C37H49NO6/c1-6-23(3)37(42)44-34-16-22(2)15-27-9-7-24(4)30(36(27)34)13-11-28-18-29(40)19-35(41)38(28)20-25-8-12-31-26(17-25)10-14-33(43-5)32(31)21-39/h7-10,12,14-15,17,22-24,28-30,34,36,39-40H,6,11,13,16,18-21H2,1-5H3/t22-,23-,24-,28-,29+,30-,34+,36-/m1/s1. The minimum Gasteiger partial charge on any atom is -0.496 e. The second-order valence-corrected chi connectivity index (χ2v) is 13.4. The SMILES string of the molecule is CC[C@@H](C)C(=O)O[C@H]1C[C@H](C)C=C2C=C[C@@H](C)[C@@H](CC[C@@H]3C[C@H](O)CC(=O)N3Cc3ccc4c(CO)c(OC)ccc4c3)[C@@H]21. The molecule has 2 N–H and O–H groups in total. The van der Waals surface area contributed by atoms with Crippen molar-refractivity contribution in [1.29, 1.82) is 0 Å². The lowest BCUT2D eigenvalue weighted by atomic mass is 9.65. The first-order valence-electron chi connectivity index (χ1n) is 16.4. The summed E-state index contributed by atoms with van der Waals surface area (Å²) in [5, 5.41) is 22.5. The Bertz CT molecular complexity index is 1410. The van der Waals surface area contributed by atoms with Crippen molar-refractivity contribution in [2.45, 2.75) is 97.6 Å². The third-order valence-electron chi connectivity index (χ3n) is 10.3. The molecule has 3 aliphatic rings. The zero-order valence-electron chi connectivity index (χ0n) is 26.9. The van der Waals surface area contributed by atoms with E-state index >= 15 is 0 Å². The number of amides is 1. The number of hydrogen-bond donors (Lipinski definition) is 2. The van der Waals surface area contributed by atoms with Crippen LogP contribution in [0.5, 0.6) is 5.75 Å². The summed E-state index contributed by atoms with van der Waals surface area (Å²) in [6, 6.07) is 9.85. The number of rotatable bonds is 10. The summed E-state index contributed by atoms with van der Waals surface area (Å²) in [6.45, 7) is 8.73. The Kier molecular flexibility index (Phi) is 10.2. The zero-order valence-corrected chi connectivity index (χ0v) is 26.9. The molecule has 1 saturated heterocycles. The topological polar surface area (TPSA) is 96.3 Å². The molecule has 0 bridgehead atoms. The van der Waals surface area contributed by atoms with Crippen molar-refractivity contribution in [2.75, 3.05) is 7.11 Å². The third kappa shape index (κ3) is 6.74. The smallest absolute Gasteiger partial charge is 0.308 e. The van der Waals surface area contributed by atoms with Gasteiger partial charge in [-0.15, -0.1) is 0 Å². The molecule has 7 heteroatoms. The van der Waals surface area contributed by atoms with Crippen LogP contribution in [0.2, 0.25) is 0 Å². The molecule has 5 rings (SSSR count). The lowest BCUT2D eigenvalue weighted by Crippen LogP contribution is -2.48. The second-order valence-electron chi connectivity index (χ2n) is 13.4. The maximum atomic E-state index is 13.4. The fourth-order valence-corrected chi connectivity index (χ4v) is 7.65. The number of piperidine rings is 1. The van der Waals surface area contributed by atoms with Gasteiger partial charge in [-0.25, -0.2) is 0 Å². The number of aliphatic hydroxyl groups excluding tert-OH is 2. The fourth-order valence-electron chi connectivity index (χ4n) is 7.65. The molecule has 2 aromatic rings. The molecule has 0 aromatic heterocycles. The summed E-state index contributed by atoms with van der Waals surface area (Å²) in [5.74, 6) is 1.46. The van der Waals surface area contributed by atoms with Gasteiger partial charge in [-0.05, 0) is 83.9 Å². The predicted molar refractivity (Wildman–Crippen MR) is 172 cm³/mol. The molecule has 2 aromatic carbocycles. The highest BCUT2D eigenvalue weighted by Gasteiger charge is 2.42. The van der Waals surface area contributed by atoms with E-state index in [-0.39, 0.29) is 54.8 Å². The summed E-state index contributed by atoms with van der Waals surface area (Å²) in [6.07, 6.45) is 9.98. The number of hydrogen-bond acceptors (Lipinski definition) is 6. The first-order chi connectivity index (χ1) is 21.1. The molecule has 0 saturated carbocycles. The maximum Gasteiger partial charge on any atom is 0.308 e. The highest BCUT2D eigenvalue weighted by atomic mass is 16.5. The number of likely N-dealkylation sites (tertiary alicyclic amines) is 1. The van der Waals surface area contributed by atoms with E-state index in [1.807, 2.05) is 43.0 Å². The Labute approximate surface area is 261 Å². The van der Waals surface area contributed by atoms with E-state index in [2.05, 4.69) is 38.1 Å². The number of methoxy groups -OCH3 is 1. The molecule has 44 heavy (non-hydrogen) atoms. The molecule has 1 fully saturated rings. The van der Waals surface area contributed by atoms with Gasteiger partial charge in [0, 0.05) is 24.1 Å². The number of benzene rings is 2. The van der Waals surface area contributed by atoms with Gasteiger partial charge < -0.3 is 24.6 Å². The minimum absolute atomic E-state index is 0.0244. The minimum atomic E-state index is -0.640. The average Bonchev–Trinajstić information content (AvgIpc) is 3.00. The number of carbonyl (C=O) groups excluding carboxylic acids is 2. The van der Waals surface area contributed by atoms with Crippen LogP contribution in [0.3, 0.4) is 0 Å². The Hall–Kier alpha value is -3.16. The summed E-state index contributed by atoms with van der Waals surface area (Å²) < 4.78 is 11.6. The van der Waals surface area contributed by atoms with Gasteiger partial charge in [0.25, 0.3) is 0 Å². The maximum absolute atomic E-state index is 13.4. The van der Waals surface area contributed by atoms with Crippen molar-refractivity contribution >= 4 is 22.6 Å². The van der Waals surface area contributed by atoms with Gasteiger partial charge in [0.1, 0.15) is 11.9 Å². The Morgan fingerprint density at radius 1 is 1.14 bits per heavy atom. The molecule has 0 unspecified atom stereocenters. The van der Waals surface area contributed by atoms with Gasteiger partial charge in [-0.1, -0.05) is 64.1 Å². The lowest BCUT2D eigenvalue weighted by molar-refractivity contribution is -0.158. The van der Waals surface area contributed by atoms with Crippen molar-refractivity contribution in [3.8, 4) is 5.75 Å². The monoisotopic (exact) mass is 603 g/mol.